The van der Waals surface area contributed by atoms with Crippen LogP contribution in [0, 0.1) is 0 Å². The number of anilines is 1. The Morgan fingerprint density at radius 3 is 2.71 bits per heavy atom. The van der Waals surface area contributed by atoms with Crippen LogP contribution in [-0.2, 0) is 6.42 Å². The summed E-state index contributed by atoms with van der Waals surface area (Å²) in [5.41, 5.74) is 1.77. The summed E-state index contributed by atoms with van der Waals surface area (Å²) in [5, 5.41) is 2.90. The number of alkyl halides is 2. The Labute approximate surface area is 81.4 Å². The van der Waals surface area contributed by atoms with Gasteiger partial charge in [-0.1, -0.05) is 24.8 Å². The summed E-state index contributed by atoms with van der Waals surface area (Å²) in [6.45, 7) is 3.58. The largest absolute Gasteiger partial charge is 0.359 e. The Bertz CT molecular complexity index is 371. The minimum absolute atomic E-state index is 0.213. The summed E-state index contributed by atoms with van der Waals surface area (Å²) in [4.78, 5) is 0. The second-order valence-corrected chi connectivity index (χ2v) is 3.60. The third kappa shape index (κ3) is 1.76. The molecule has 0 aromatic heterocycles. The van der Waals surface area contributed by atoms with E-state index in [4.69, 9.17) is 0 Å². The van der Waals surface area contributed by atoms with Gasteiger partial charge in [-0.2, -0.15) is 0 Å². The summed E-state index contributed by atoms with van der Waals surface area (Å²) in [6.07, 6.45) is -0.503. The first-order valence-electron chi connectivity index (χ1n) is 4.47. The van der Waals surface area contributed by atoms with Gasteiger partial charge in [-0.3, -0.25) is 0 Å². The van der Waals surface area contributed by atoms with E-state index in [1.807, 2.05) is 6.07 Å². The van der Waals surface area contributed by atoms with Crippen LogP contribution in [0.25, 0.3) is 0 Å². The number of nitrogens with one attached hydrogen (secondary N) is 1. The lowest BCUT2D eigenvalue weighted by molar-refractivity contribution is 0.00387. The van der Waals surface area contributed by atoms with Gasteiger partial charge in [-0.25, -0.2) is 8.78 Å². The second kappa shape index (κ2) is 3.08. The first-order chi connectivity index (χ1) is 6.57. The topological polar surface area (TPSA) is 12.0 Å². The van der Waals surface area contributed by atoms with Crippen LogP contribution in [0.1, 0.15) is 12.0 Å². The summed E-state index contributed by atoms with van der Waals surface area (Å²) < 4.78 is 26.6. The molecule has 1 aliphatic heterocycles. The number of rotatable bonds is 0. The summed E-state index contributed by atoms with van der Waals surface area (Å²) in [6, 6.07) is 7.10. The number of hydrogen-bond donors (Lipinski definition) is 1. The Hall–Kier alpha value is -1.38. The van der Waals surface area contributed by atoms with Gasteiger partial charge in [0.1, 0.15) is 0 Å². The van der Waals surface area contributed by atoms with E-state index in [2.05, 4.69) is 11.9 Å². The van der Waals surface area contributed by atoms with Crippen LogP contribution in [0.15, 0.2) is 36.5 Å². The van der Waals surface area contributed by atoms with Gasteiger partial charge in [0.05, 0.1) is 6.42 Å². The zero-order chi connectivity index (χ0) is 10.2. The predicted octanol–water partition coefficient (Wildman–Crippen LogP) is 3.19. The molecule has 14 heavy (non-hydrogen) atoms. The van der Waals surface area contributed by atoms with E-state index in [0.29, 0.717) is 11.3 Å². The van der Waals surface area contributed by atoms with E-state index >= 15 is 0 Å². The van der Waals surface area contributed by atoms with Crippen molar-refractivity contribution in [2.75, 3.05) is 5.32 Å². The van der Waals surface area contributed by atoms with Crippen LogP contribution < -0.4 is 5.32 Å². The Balaban J connectivity index is 2.42. The summed E-state index contributed by atoms with van der Waals surface area (Å²) >= 11 is 0. The number of fused-ring (bicyclic) bond motifs is 1. The van der Waals surface area contributed by atoms with Gasteiger partial charge in [-0.05, 0) is 11.6 Å². The molecule has 0 amide bonds. The minimum Gasteiger partial charge on any atom is -0.359 e. The molecule has 0 aliphatic carbocycles. The fourth-order valence-electron chi connectivity index (χ4n) is 1.68. The lowest BCUT2D eigenvalue weighted by Crippen LogP contribution is -2.18. The highest BCUT2D eigenvalue weighted by Crippen LogP contribution is 2.34. The molecule has 74 valence electrons. The Kier molecular flexibility index (Phi) is 2.02. The van der Waals surface area contributed by atoms with Crippen molar-refractivity contribution in [1.29, 1.82) is 0 Å². The van der Waals surface area contributed by atoms with Crippen molar-refractivity contribution in [2.45, 2.75) is 18.8 Å². The van der Waals surface area contributed by atoms with E-state index in [0.717, 1.165) is 5.69 Å². The molecule has 0 radical (unpaired) electrons. The van der Waals surface area contributed by atoms with Crippen LogP contribution in [0.3, 0.4) is 0 Å². The minimum atomic E-state index is -2.68. The first-order valence-corrected chi connectivity index (χ1v) is 4.47. The average Bonchev–Trinajstić information content (AvgIpc) is 2.16. The summed E-state index contributed by atoms with van der Waals surface area (Å²) in [7, 11) is 0. The maximum absolute atomic E-state index is 13.3. The van der Waals surface area contributed by atoms with Crippen LogP contribution in [0.5, 0.6) is 0 Å². The number of halogens is 2. The quantitative estimate of drug-likeness (QED) is 0.670. The maximum Gasteiger partial charge on any atom is 0.257 e. The molecule has 1 aromatic rings. The summed E-state index contributed by atoms with van der Waals surface area (Å²) in [5.74, 6) is -2.68. The molecule has 1 nitrogen and oxygen atoms in total. The van der Waals surface area contributed by atoms with Gasteiger partial charge < -0.3 is 5.32 Å². The molecule has 1 heterocycles. The molecule has 0 fully saturated rings. The van der Waals surface area contributed by atoms with Gasteiger partial charge in [0.15, 0.2) is 0 Å². The molecule has 0 atom stereocenters. The van der Waals surface area contributed by atoms with E-state index in [9.17, 15) is 8.78 Å². The van der Waals surface area contributed by atoms with Crippen molar-refractivity contribution >= 4 is 5.69 Å². The molecular weight excluding hydrogens is 184 g/mol. The zero-order valence-corrected chi connectivity index (χ0v) is 7.69. The van der Waals surface area contributed by atoms with Gasteiger partial charge in [0.25, 0.3) is 5.92 Å². The van der Waals surface area contributed by atoms with E-state index in [1.54, 1.807) is 18.2 Å². The molecular formula is C11H11F2N. The van der Waals surface area contributed by atoms with Crippen molar-refractivity contribution in [2.24, 2.45) is 0 Å². The van der Waals surface area contributed by atoms with Crippen LogP contribution in [0.4, 0.5) is 14.5 Å². The van der Waals surface area contributed by atoms with Crippen molar-refractivity contribution in [3.05, 3.63) is 42.1 Å². The monoisotopic (exact) mass is 195 g/mol. The van der Waals surface area contributed by atoms with Crippen LogP contribution in [0.2, 0.25) is 0 Å². The van der Waals surface area contributed by atoms with E-state index in [-0.39, 0.29) is 12.8 Å². The van der Waals surface area contributed by atoms with Gasteiger partial charge in [0.2, 0.25) is 0 Å². The van der Waals surface area contributed by atoms with Gasteiger partial charge in [0, 0.05) is 17.8 Å². The van der Waals surface area contributed by atoms with E-state index in [1.165, 1.54) is 0 Å². The molecule has 3 heteroatoms. The predicted molar refractivity (Wildman–Crippen MR) is 52.5 cm³/mol. The number of para-hydroxylation sites is 1. The third-order valence-corrected chi connectivity index (χ3v) is 2.25. The fraction of sp³-hybridized carbons (Fsp3) is 0.273. The molecule has 0 saturated carbocycles. The van der Waals surface area contributed by atoms with Crippen LogP contribution >= 0.6 is 0 Å². The highest BCUT2D eigenvalue weighted by molar-refractivity contribution is 5.56. The van der Waals surface area contributed by atoms with Crippen LogP contribution in [-0.4, -0.2) is 5.92 Å². The molecule has 1 aromatic carbocycles. The van der Waals surface area contributed by atoms with E-state index < -0.39 is 5.92 Å². The lowest BCUT2D eigenvalue weighted by Gasteiger charge is -2.12. The lowest BCUT2D eigenvalue weighted by atomic mass is 10.1. The second-order valence-electron chi connectivity index (χ2n) is 3.60. The smallest absolute Gasteiger partial charge is 0.257 e. The molecule has 1 N–H and O–H groups in total. The molecule has 0 spiro atoms. The molecule has 1 aliphatic rings. The average molecular weight is 195 g/mol. The SMILES string of the molecule is C=C1CC(F)(F)Cc2ccccc2N1. The molecule has 0 bridgehead atoms. The first kappa shape index (κ1) is 9.19. The van der Waals surface area contributed by atoms with Crippen molar-refractivity contribution in [3.8, 4) is 0 Å². The standard InChI is InChI=1S/C11H11F2N/c1-8-6-11(12,13)7-9-4-2-3-5-10(9)14-8/h2-5,14H,1,6-7H2. The normalized spacial score (nSPS) is 19.4. The van der Waals surface area contributed by atoms with Gasteiger partial charge >= 0.3 is 0 Å². The van der Waals surface area contributed by atoms with Crippen molar-refractivity contribution in [1.82, 2.24) is 0 Å². The Morgan fingerprint density at radius 1 is 1.21 bits per heavy atom. The highest BCUT2D eigenvalue weighted by atomic mass is 19.3. The molecule has 0 saturated heterocycles. The zero-order valence-electron chi connectivity index (χ0n) is 7.69. The molecule has 2 rings (SSSR count). The van der Waals surface area contributed by atoms with Gasteiger partial charge in [-0.15, -0.1) is 0 Å². The third-order valence-electron chi connectivity index (χ3n) is 2.25. The number of hydrogen-bond acceptors (Lipinski definition) is 1. The Morgan fingerprint density at radius 2 is 1.93 bits per heavy atom. The fourth-order valence-corrected chi connectivity index (χ4v) is 1.68. The maximum atomic E-state index is 13.3. The number of allylic oxidation sites excluding steroid dienone is 1. The van der Waals surface area contributed by atoms with Crippen molar-refractivity contribution in [3.63, 3.8) is 0 Å². The van der Waals surface area contributed by atoms with Crippen molar-refractivity contribution < 1.29 is 8.78 Å². The molecule has 0 unspecified atom stereocenters. The highest BCUT2D eigenvalue weighted by Gasteiger charge is 2.33. The number of benzene rings is 1.